The van der Waals surface area contributed by atoms with Crippen LogP contribution in [0.15, 0.2) is 29.3 Å². The molecule has 1 aliphatic heterocycles. The molecule has 13 nitrogen and oxygen atoms in total. The Morgan fingerprint density at radius 2 is 1.11 bits per heavy atom. The van der Waals surface area contributed by atoms with Crippen molar-refractivity contribution in [1.29, 1.82) is 0 Å². The minimum atomic E-state index is -1.11. The molecule has 1 atom stereocenters. The van der Waals surface area contributed by atoms with Crippen molar-refractivity contribution in [3.63, 3.8) is 0 Å². The molecule has 202 valence electrons. The molecule has 0 amide bonds. The molecular formula is C23H31N5O8S. The Bertz CT molecular complexity index is 969. The number of hydrogen-bond acceptors (Lipinski definition) is 10. The predicted molar refractivity (Wildman–Crippen MR) is 135 cm³/mol. The van der Waals surface area contributed by atoms with E-state index in [2.05, 4.69) is 22.4 Å². The highest BCUT2D eigenvalue weighted by molar-refractivity contribution is 7.78. The van der Waals surface area contributed by atoms with Crippen LogP contribution in [0.5, 0.6) is 0 Å². The van der Waals surface area contributed by atoms with Gasteiger partial charge < -0.3 is 20.4 Å². The summed E-state index contributed by atoms with van der Waals surface area (Å²) >= 11 is 4.60. The number of thiocarbonyl (C=S) groups is 1. The molecular weight excluding hydrogens is 506 g/mol. The second-order valence-electron chi connectivity index (χ2n) is 8.58. The van der Waals surface area contributed by atoms with Crippen LogP contribution in [0.2, 0.25) is 0 Å². The Morgan fingerprint density at radius 1 is 0.730 bits per heavy atom. The normalized spacial score (nSPS) is 18.1. The third-order valence-electron chi connectivity index (χ3n) is 5.93. The summed E-state index contributed by atoms with van der Waals surface area (Å²) in [7, 11) is 0. The van der Waals surface area contributed by atoms with Crippen LogP contribution in [0.4, 0.5) is 5.69 Å². The molecule has 0 saturated carbocycles. The molecule has 0 bridgehead atoms. The predicted octanol–water partition coefficient (Wildman–Crippen LogP) is 0.0220. The van der Waals surface area contributed by atoms with E-state index in [1.54, 1.807) is 43.9 Å². The van der Waals surface area contributed by atoms with E-state index in [0.717, 1.165) is 0 Å². The largest absolute Gasteiger partial charge is 0.480 e. The molecule has 0 aliphatic carbocycles. The second kappa shape index (κ2) is 15.1. The molecule has 1 aliphatic rings. The van der Waals surface area contributed by atoms with E-state index < -0.39 is 29.9 Å². The van der Waals surface area contributed by atoms with Crippen LogP contribution in [0, 0.1) is 0 Å². The molecule has 1 fully saturated rings. The number of hydrogen-bond donors (Lipinski definition) is 4. The smallest absolute Gasteiger partial charge is 0.325 e. The molecule has 1 aromatic rings. The maximum Gasteiger partial charge on any atom is 0.325 e. The lowest BCUT2D eigenvalue weighted by atomic mass is 10.0. The fourth-order valence-corrected chi connectivity index (χ4v) is 4.26. The number of aliphatic carboxylic acids is 4. The average Bonchev–Trinajstić information content (AvgIpc) is 2.80. The lowest BCUT2D eigenvalue weighted by molar-refractivity contribution is -0.145. The number of carbonyl (C=O) groups is 4. The number of carboxylic acids is 4. The van der Waals surface area contributed by atoms with Gasteiger partial charge >= 0.3 is 23.9 Å². The molecule has 1 heterocycles. The van der Waals surface area contributed by atoms with Gasteiger partial charge in [0.25, 0.3) is 0 Å². The number of isothiocyanates is 1. The van der Waals surface area contributed by atoms with E-state index in [-0.39, 0.29) is 72.0 Å². The van der Waals surface area contributed by atoms with Gasteiger partial charge in [0.05, 0.1) is 30.5 Å². The van der Waals surface area contributed by atoms with E-state index in [1.807, 2.05) is 0 Å². The van der Waals surface area contributed by atoms with Gasteiger partial charge in [0, 0.05) is 52.4 Å². The summed E-state index contributed by atoms with van der Waals surface area (Å²) in [6.45, 7) is 0.945. The van der Waals surface area contributed by atoms with Crippen molar-refractivity contribution >= 4 is 46.9 Å². The Morgan fingerprint density at radius 3 is 1.43 bits per heavy atom. The number of nitrogens with zero attached hydrogens (tertiary/aromatic N) is 5. The lowest BCUT2D eigenvalue weighted by Crippen LogP contribution is -2.49. The van der Waals surface area contributed by atoms with E-state index in [0.29, 0.717) is 11.3 Å². The third kappa shape index (κ3) is 10.7. The van der Waals surface area contributed by atoms with Gasteiger partial charge in [-0.3, -0.25) is 38.8 Å². The number of aliphatic imine (C=N–C) groups is 1. The van der Waals surface area contributed by atoms with E-state index in [1.165, 1.54) is 0 Å². The molecule has 0 aromatic heterocycles. The Balaban J connectivity index is 2.35. The van der Waals surface area contributed by atoms with Crippen LogP contribution in [0.1, 0.15) is 11.6 Å². The van der Waals surface area contributed by atoms with Crippen LogP contribution in [0.3, 0.4) is 0 Å². The quantitative estimate of drug-likeness (QED) is 0.232. The number of carboxylic acid groups (broad SMARTS) is 4. The first-order chi connectivity index (χ1) is 17.6. The summed E-state index contributed by atoms with van der Waals surface area (Å²) in [5.41, 5.74) is 0.993. The summed E-state index contributed by atoms with van der Waals surface area (Å²) in [5, 5.41) is 40.3. The zero-order valence-corrected chi connectivity index (χ0v) is 21.0. The van der Waals surface area contributed by atoms with E-state index >= 15 is 0 Å². The molecule has 14 heteroatoms. The van der Waals surface area contributed by atoms with Crippen molar-refractivity contribution in [3.8, 4) is 0 Å². The van der Waals surface area contributed by atoms with Crippen molar-refractivity contribution in [1.82, 2.24) is 19.6 Å². The van der Waals surface area contributed by atoms with Gasteiger partial charge in [-0.2, -0.15) is 4.99 Å². The monoisotopic (exact) mass is 537 g/mol. The molecule has 0 radical (unpaired) electrons. The van der Waals surface area contributed by atoms with Crippen LogP contribution < -0.4 is 0 Å². The lowest BCUT2D eigenvalue weighted by Gasteiger charge is -2.35. The summed E-state index contributed by atoms with van der Waals surface area (Å²) < 4.78 is 0. The van der Waals surface area contributed by atoms with Gasteiger partial charge in [-0.15, -0.1) is 0 Å². The first-order valence-electron chi connectivity index (χ1n) is 11.6. The molecule has 4 N–H and O–H groups in total. The van der Waals surface area contributed by atoms with Crippen molar-refractivity contribution in [2.75, 3.05) is 72.0 Å². The maximum atomic E-state index is 12.4. The summed E-state index contributed by atoms with van der Waals surface area (Å²) in [4.78, 5) is 57.0. The van der Waals surface area contributed by atoms with Gasteiger partial charge in [-0.25, -0.2) is 0 Å². The molecule has 2 rings (SSSR count). The second-order valence-corrected chi connectivity index (χ2v) is 8.76. The maximum absolute atomic E-state index is 12.4. The highest BCUT2D eigenvalue weighted by atomic mass is 32.1. The van der Waals surface area contributed by atoms with Crippen LogP contribution in [-0.2, 0) is 19.2 Å². The highest BCUT2D eigenvalue weighted by Gasteiger charge is 2.29. The molecule has 1 unspecified atom stereocenters. The molecule has 1 saturated heterocycles. The van der Waals surface area contributed by atoms with Crippen molar-refractivity contribution < 1.29 is 39.6 Å². The number of benzene rings is 1. The Kier molecular flexibility index (Phi) is 12.2. The fourth-order valence-electron chi connectivity index (χ4n) is 4.15. The zero-order valence-electron chi connectivity index (χ0n) is 20.2. The van der Waals surface area contributed by atoms with Crippen molar-refractivity contribution in [2.24, 2.45) is 4.99 Å². The summed E-state index contributed by atoms with van der Waals surface area (Å²) in [6.07, 6.45) is 0. The highest BCUT2D eigenvalue weighted by Crippen LogP contribution is 2.24. The standard InChI is InChI=1S/C23H31N5O8S/c29-19(30)13-25-5-7-26(14-20(31)32)9-11-28(12-10-27(8-6-25)15-21(33)34)22(23(35)36)17-1-3-18(4-2-17)24-16-37/h1-4,22H,5-15H2,(H,29,30)(H,31,32)(H,33,34)(H,35,36). The minimum absolute atomic E-state index is 0.184. The molecule has 1 aromatic carbocycles. The van der Waals surface area contributed by atoms with Crippen molar-refractivity contribution in [3.05, 3.63) is 29.8 Å². The first kappa shape index (κ1) is 30.0. The minimum Gasteiger partial charge on any atom is -0.480 e. The molecule has 0 spiro atoms. The summed E-state index contributed by atoms with van der Waals surface area (Å²) in [5.74, 6) is -4.26. The Labute approximate surface area is 219 Å². The Hall–Kier alpha value is -3.26. The van der Waals surface area contributed by atoms with E-state index in [9.17, 15) is 39.6 Å². The first-order valence-corrected chi connectivity index (χ1v) is 12.0. The van der Waals surface area contributed by atoms with E-state index in [4.69, 9.17) is 0 Å². The third-order valence-corrected chi connectivity index (χ3v) is 6.02. The fraction of sp³-hybridized carbons (Fsp3) is 0.522. The van der Waals surface area contributed by atoms with Crippen LogP contribution >= 0.6 is 12.2 Å². The topological polar surface area (TPSA) is 175 Å². The van der Waals surface area contributed by atoms with Crippen LogP contribution in [0.25, 0.3) is 0 Å². The van der Waals surface area contributed by atoms with Gasteiger partial charge in [-0.05, 0) is 29.9 Å². The average molecular weight is 538 g/mol. The SMILES string of the molecule is O=C(O)CN1CCN(CC(=O)O)CCN(C(C(=O)O)c2ccc(N=C=S)cc2)CCN(CC(=O)O)CC1. The zero-order chi connectivity index (χ0) is 27.4. The number of rotatable bonds is 10. The van der Waals surface area contributed by atoms with Gasteiger partial charge in [0.15, 0.2) is 0 Å². The van der Waals surface area contributed by atoms with Gasteiger partial charge in [0.1, 0.15) is 6.04 Å². The van der Waals surface area contributed by atoms with Gasteiger partial charge in [-0.1, -0.05) is 12.1 Å². The van der Waals surface area contributed by atoms with Gasteiger partial charge in [0.2, 0.25) is 0 Å². The summed E-state index contributed by atoms with van der Waals surface area (Å²) in [6, 6.07) is 5.40. The molecule has 37 heavy (non-hydrogen) atoms. The van der Waals surface area contributed by atoms with Crippen LogP contribution in [-0.4, -0.2) is 141 Å². The van der Waals surface area contributed by atoms with Crippen molar-refractivity contribution in [2.45, 2.75) is 6.04 Å².